The van der Waals surface area contributed by atoms with E-state index in [1.165, 1.54) is 24.3 Å². The van der Waals surface area contributed by atoms with Gasteiger partial charge in [0.25, 0.3) is 10.0 Å². The molecule has 1 aliphatic heterocycles. The van der Waals surface area contributed by atoms with Crippen LogP contribution in [0.3, 0.4) is 0 Å². The molecule has 1 heterocycles. The predicted molar refractivity (Wildman–Crippen MR) is 137 cm³/mol. The van der Waals surface area contributed by atoms with Crippen LogP contribution in [0.15, 0.2) is 82.8 Å². The van der Waals surface area contributed by atoms with Crippen molar-refractivity contribution in [2.75, 3.05) is 17.6 Å². The van der Waals surface area contributed by atoms with Crippen LogP contribution >= 0.6 is 11.6 Å². The highest BCUT2D eigenvalue weighted by molar-refractivity contribution is 7.92. The molecule has 35 heavy (non-hydrogen) atoms. The van der Waals surface area contributed by atoms with Crippen LogP contribution in [0.5, 0.6) is 5.75 Å². The third-order valence-electron chi connectivity index (χ3n) is 5.56. The number of anilines is 1. The van der Waals surface area contributed by atoms with Crippen molar-refractivity contribution in [1.29, 1.82) is 0 Å². The molecule has 0 bridgehead atoms. The van der Waals surface area contributed by atoms with E-state index in [0.29, 0.717) is 33.3 Å². The number of rotatable bonds is 8. The lowest BCUT2D eigenvalue weighted by Crippen LogP contribution is -2.27. The molecule has 0 unspecified atom stereocenters. The number of nitrogens with one attached hydrogen (secondary N) is 1. The molecule has 0 fully saturated rings. The van der Waals surface area contributed by atoms with Gasteiger partial charge in [0.2, 0.25) is 10.0 Å². The summed E-state index contributed by atoms with van der Waals surface area (Å²) < 4.78 is 60.2. The summed E-state index contributed by atoms with van der Waals surface area (Å²) in [5.74, 6) is 0.527. The van der Waals surface area contributed by atoms with Gasteiger partial charge in [-0.3, -0.25) is 4.72 Å². The third-order valence-corrected chi connectivity index (χ3v) is 8.81. The number of hydrazone groups is 1. The molecule has 8 nitrogen and oxygen atoms in total. The molecule has 3 aromatic carbocycles. The number of hydrogen-bond donors (Lipinski definition) is 1. The molecule has 0 saturated heterocycles. The molecule has 11 heteroatoms. The first kappa shape index (κ1) is 25.0. The number of halogens is 1. The average Bonchev–Trinajstić information content (AvgIpc) is 3.31. The number of benzene rings is 3. The summed E-state index contributed by atoms with van der Waals surface area (Å²) >= 11 is 5.96. The minimum absolute atomic E-state index is 0.0595. The van der Waals surface area contributed by atoms with E-state index in [-0.39, 0.29) is 17.1 Å². The summed E-state index contributed by atoms with van der Waals surface area (Å²) in [5.41, 5.74) is 2.21. The largest absolute Gasteiger partial charge is 0.497 e. The van der Waals surface area contributed by atoms with Crippen LogP contribution in [0.2, 0.25) is 5.02 Å². The van der Waals surface area contributed by atoms with Crippen LogP contribution < -0.4 is 9.46 Å². The fraction of sp³-hybridized carbons (Fsp3) is 0.208. The Kier molecular flexibility index (Phi) is 7.07. The number of methoxy groups -OCH3 is 1. The van der Waals surface area contributed by atoms with Crippen molar-refractivity contribution in [2.24, 2.45) is 5.10 Å². The van der Waals surface area contributed by atoms with Gasteiger partial charge in [0.1, 0.15) is 5.75 Å². The highest BCUT2D eigenvalue weighted by Gasteiger charge is 2.38. The Morgan fingerprint density at radius 2 is 1.74 bits per heavy atom. The zero-order chi connectivity index (χ0) is 25.2. The van der Waals surface area contributed by atoms with Crippen molar-refractivity contribution in [1.82, 2.24) is 4.41 Å². The molecule has 4 rings (SSSR count). The number of ether oxygens (including phenoxy) is 1. The van der Waals surface area contributed by atoms with E-state index in [1.807, 2.05) is 6.07 Å². The molecule has 1 atom stereocenters. The molecule has 0 spiro atoms. The van der Waals surface area contributed by atoms with Crippen molar-refractivity contribution in [3.63, 3.8) is 0 Å². The predicted octanol–water partition coefficient (Wildman–Crippen LogP) is 4.65. The third kappa shape index (κ3) is 5.44. The summed E-state index contributed by atoms with van der Waals surface area (Å²) in [7, 11) is -5.95. The lowest BCUT2D eigenvalue weighted by atomic mass is 9.99. The molecule has 0 radical (unpaired) electrons. The Morgan fingerprint density at radius 3 is 2.43 bits per heavy atom. The molecule has 184 valence electrons. The van der Waals surface area contributed by atoms with Crippen molar-refractivity contribution >= 4 is 43.0 Å². The number of sulfonamides is 2. The molecule has 3 aromatic rings. The van der Waals surface area contributed by atoms with Gasteiger partial charge in [-0.05, 0) is 66.6 Å². The van der Waals surface area contributed by atoms with Gasteiger partial charge in [0.05, 0.1) is 29.5 Å². The fourth-order valence-corrected chi connectivity index (χ4v) is 5.90. The van der Waals surface area contributed by atoms with Crippen LogP contribution in [-0.2, 0) is 20.0 Å². The minimum atomic E-state index is -4.02. The topological polar surface area (TPSA) is 105 Å². The summed E-state index contributed by atoms with van der Waals surface area (Å²) in [6.07, 6.45) is 0.282. The highest BCUT2D eigenvalue weighted by Crippen LogP contribution is 2.38. The second kappa shape index (κ2) is 9.88. The Balaban J connectivity index is 1.78. The Bertz CT molecular complexity index is 1470. The maximum atomic E-state index is 13.6. The van der Waals surface area contributed by atoms with Gasteiger partial charge in [-0.15, -0.1) is 0 Å². The summed E-state index contributed by atoms with van der Waals surface area (Å²) in [6.45, 7) is 1.55. The van der Waals surface area contributed by atoms with Crippen LogP contribution in [0.4, 0.5) is 5.69 Å². The van der Waals surface area contributed by atoms with E-state index in [9.17, 15) is 16.8 Å². The van der Waals surface area contributed by atoms with Gasteiger partial charge in [-0.1, -0.05) is 35.9 Å². The molecule has 0 amide bonds. The quantitative estimate of drug-likeness (QED) is 0.453. The SMILES string of the molecule is CCS(=O)(=O)Nc1cccc(C2=NN(S(=O)(=O)c3ccc(Cl)cc3)[C@@H](c3cccc(OC)c3)C2)c1. The summed E-state index contributed by atoms with van der Waals surface area (Å²) in [5, 5.41) is 4.93. The van der Waals surface area contributed by atoms with Gasteiger partial charge >= 0.3 is 0 Å². The average molecular weight is 534 g/mol. The lowest BCUT2D eigenvalue weighted by molar-refractivity contribution is 0.368. The van der Waals surface area contributed by atoms with E-state index in [2.05, 4.69) is 9.82 Å². The first-order valence-electron chi connectivity index (χ1n) is 10.8. The summed E-state index contributed by atoms with van der Waals surface area (Å²) in [6, 6.07) is 19.2. The number of nitrogens with zero attached hydrogens (tertiary/aromatic N) is 2. The van der Waals surface area contributed by atoms with Crippen molar-refractivity contribution in [3.05, 3.63) is 88.9 Å². The molecular weight excluding hydrogens is 510 g/mol. The fourth-order valence-electron chi connectivity index (χ4n) is 3.71. The van der Waals surface area contributed by atoms with Crippen LogP contribution in [0.1, 0.15) is 30.5 Å². The monoisotopic (exact) mass is 533 g/mol. The van der Waals surface area contributed by atoms with Crippen LogP contribution in [-0.4, -0.2) is 39.8 Å². The van der Waals surface area contributed by atoms with E-state index in [4.69, 9.17) is 16.3 Å². The molecule has 0 saturated carbocycles. The van der Waals surface area contributed by atoms with Gasteiger partial charge in [0.15, 0.2) is 0 Å². The molecule has 1 N–H and O–H groups in total. The Morgan fingerprint density at radius 1 is 1.03 bits per heavy atom. The van der Waals surface area contributed by atoms with Gasteiger partial charge in [-0.2, -0.15) is 17.9 Å². The standard InChI is InChI=1S/C24H24ClN3O5S2/c1-3-34(29,30)27-20-8-4-6-17(14-20)23-16-24(18-7-5-9-21(15-18)33-2)28(26-23)35(31,32)22-12-10-19(25)11-13-22/h4-15,24,27H,3,16H2,1-2H3/t24-/m1/s1. The zero-order valence-electron chi connectivity index (χ0n) is 19.0. The van der Waals surface area contributed by atoms with Crippen LogP contribution in [0.25, 0.3) is 0 Å². The minimum Gasteiger partial charge on any atom is -0.497 e. The van der Waals surface area contributed by atoms with E-state index in [0.717, 1.165) is 4.41 Å². The van der Waals surface area contributed by atoms with Gasteiger partial charge in [-0.25, -0.2) is 8.42 Å². The molecule has 1 aliphatic rings. The lowest BCUT2D eigenvalue weighted by Gasteiger charge is -2.23. The van der Waals surface area contributed by atoms with E-state index >= 15 is 0 Å². The molecule has 0 aliphatic carbocycles. The normalized spacial score (nSPS) is 16.1. The Hall–Kier alpha value is -3.08. The van der Waals surface area contributed by atoms with Crippen molar-refractivity contribution < 1.29 is 21.6 Å². The maximum absolute atomic E-state index is 13.6. The van der Waals surface area contributed by atoms with Crippen molar-refractivity contribution in [2.45, 2.75) is 24.3 Å². The Labute approximate surface area is 210 Å². The summed E-state index contributed by atoms with van der Waals surface area (Å²) in [4.78, 5) is 0.0595. The van der Waals surface area contributed by atoms with E-state index in [1.54, 1.807) is 56.5 Å². The molecular formula is C24H24ClN3O5S2. The van der Waals surface area contributed by atoms with E-state index < -0.39 is 26.1 Å². The first-order valence-corrected chi connectivity index (χ1v) is 14.2. The second-order valence-corrected chi connectivity index (χ2v) is 12.1. The van der Waals surface area contributed by atoms with Gasteiger partial charge < -0.3 is 4.74 Å². The maximum Gasteiger partial charge on any atom is 0.279 e. The molecule has 0 aromatic heterocycles. The van der Waals surface area contributed by atoms with Crippen molar-refractivity contribution in [3.8, 4) is 5.75 Å². The zero-order valence-corrected chi connectivity index (χ0v) is 21.4. The first-order chi connectivity index (χ1) is 16.6. The highest BCUT2D eigenvalue weighted by atomic mass is 35.5. The number of hydrogen-bond acceptors (Lipinski definition) is 6. The van der Waals surface area contributed by atoms with Gasteiger partial charge in [0, 0.05) is 17.1 Å². The smallest absolute Gasteiger partial charge is 0.279 e. The van der Waals surface area contributed by atoms with Crippen LogP contribution in [0, 0.1) is 0 Å². The second-order valence-electron chi connectivity index (χ2n) is 7.86.